The predicted octanol–water partition coefficient (Wildman–Crippen LogP) is 0.785. The summed E-state index contributed by atoms with van der Waals surface area (Å²) in [6, 6.07) is 1.71. The largest absolute Gasteiger partial charge is 0.281 e. The lowest BCUT2D eigenvalue weighted by Crippen LogP contribution is -2.56. The zero-order valence-electron chi connectivity index (χ0n) is 14.6. The third-order valence-corrected chi connectivity index (χ3v) is 7.56. The molecule has 4 rings (SSSR count). The molecule has 1 aromatic heterocycles. The summed E-state index contributed by atoms with van der Waals surface area (Å²) in [4.78, 5) is 12.2. The fourth-order valence-corrected chi connectivity index (χ4v) is 5.92. The first-order valence-electron chi connectivity index (χ1n) is 9.39. The lowest BCUT2D eigenvalue weighted by atomic mass is 10.0. The number of hydrogen-bond acceptors (Lipinski definition) is 4. The Kier molecular flexibility index (Phi) is 4.68. The van der Waals surface area contributed by atoms with E-state index >= 15 is 0 Å². The lowest BCUT2D eigenvalue weighted by Gasteiger charge is -2.40. The van der Waals surface area contributed by atoms with E-state index in [2.05, 4.69) is 5.10 Å². The lowest BCUT2D eigenvalue weighted by molar-refractivity contribution is 0.160. The van der Waals surface area contributed by atoms with E-state index in [-0.39, 0.29) is 11.5 Å². The highest BCUT2D eigenvalue weighted by Gasteiger charge is 2.39. The third-order valence-electron chi connectivity index (χ3n) is 5.60. The van der Waals surface area contributed by atoms with Crippen LogP contribution in [-0.4, -0.2) is 53.0 Å². The van der Waals surface area contributed by atoms with Gasteiger partial charge in [0.05, 0.1) is 12.2 Å². The van der Waals surface area contributed by atoms with Crippen LogP contribution in [0.15, 0.2) is 10.9 Å². The normalized spacial score (nSPS) is 23.2. The van der Waals surface area contributed by atoms with Crippen molar-refractivity contribution in [1.82, 2.24) is 18.4 Å². The minimum Gasteiger partial charge on any atom is -0.268 e. The Morgan fingerprint density at radius 1 is 1.00 bits per heavy atom. The van der Waals surface area contributed by atoms with Crippen LogP contribution in [0.25, 0.3) is 0 Å². The molecule has 7 nitrogen and oxygen atoms in total. The van der Waals surface area contributed by atoms with Crippen LogP contribution in [0.2, 0.25) is 0 Å². The summed E-state index contributed by atoms with van der Waals surface area (Å²) in [6.07, 6.45) is 7.08. The smallest absolute Gasteiger partial charge is 0.268 e. The number of fused-ring (bicyclic) bond motifs is 1. The molecule has 2 saturated heterocycles. The van der Waals surface area contributed by atoms with Crippen molar-refractivity contribution in [2.75, 3.05) is 26.2 Å². The second-order valence-corrected chi connectivity index (χ2v) is 9.42. The van der Waals surface area contributed by atoms with E-state index in [0.29, 0.717) is 32.7 Å². The van der Waals surface area contributed by atoms with Crippen LogP contribution >= 0.6 is 0 Å². The van der Waals surface area contributed by atoms with E-state index in [1.807, 2.05) is 0 Å². The number of nitrogens with zero attached hydrogens (tertiary/aromatic N) is 4. The van der Waals surface area contributed by atoms with Crippen molar-refractivity contribution in [1.29, 1.82) is 0 Å². The number of rotatable bonds is 4. The highest BCUT2D eigenvalue weighted by Crippen LogP contribution is 2.25. The fourth-order valence-electron chi connectivity index (χ4n) is 4.08. The molecule has 1 aromatic rings. The monoisotopic (exact) mass is 366 g/mol. The molecule has 3 heterocycles. The maximum absolute atomic E-state index is 12.7. The van der Waals surface area contributed by atoms with Gasteiger partial charge in [-0.2, -0.15) is 22.1 Å². The molecule has 0 saturated carbocycles. The van der Waals surface area contributed by atoms with E-state index in [4.69, 9.17) is 0 Å². The third kappa shape index (κ3) is 3.39. The molecule has 138 valence electrons. The second-order valence-electron chi connectivity index (χ2n) is 7.49. The Morgan fingerprint density at radius 3 is 2.44 bits per heavy atom. The molecule has 0 unspecified atom stereocenters. The van der Waals surface area contributed by atoms with Gasteiger partial charge in [-0.1, -0.05) is 12.8 Å². The number of aromatic nitrogens is 2. The summed E-state index contributed by atoms with van der Waals surface area (Å²) in [7, 11) is -3.33. The van der Waals surface area contributed by atoms with Crippen molar-refractivity contribution < 1.29 is 8.42 Å². The summed E-state index contributed by atoms with van der Waals surface area (Å²) >= 11 is 0. The van der Waals surface area contributed by atoms with Crippen molar-refractivity contribution >= 4 is 10.2 Å². The molecule has 0 N–H and O–H groups in total. The van der Waals surface area contributed by atoms with Crippen LogP contribution in [0.3, 0.4) is 0 Å². The molecular formula is C17H26N4O3S. The molecule has 0 atom stereocenters. The van der Waals surface area contributed by atoms with Crippen LogP contribution < -0.4 is 5.56 Å². The second kappa shape index (κ2) is 6.81. The van der Waals surface area contributed by atoms with Gasteiger partial charge in [0, 0.05) is 38.2 Å². The molecule has 0 bridgehead atoms. The Balaban J connectivity index is 1.38. The van der Waals surface area contributed by atoms with Gasteiger partial charge >= 0.3 is 0 Å². The molecule has 2 fully saturated rings. The molecule has 25 heavy (non-hydrogen) atoms. The Bertz CT molecular complexity index is 791. The highest BCUT2D eigenvalue weighted by molar-refractivity contribution is 7.86. The van der Waals surface area contributed by atoms with Crippen molar-refractivity contribution in [3.05, 3.63) is 27.7 Å². The Morgan fingerprint density at radius 2 is 1.72 bits per heavy atom. The summed E-state index contributed by atoms with van der Waals surface area (Å²) in [5.41, 5.74) is 2.06. The van der Waals surface area contributed by atoms with Crippen molar-refractivity contribution in [3.8, 4) is 0 Å². The minimum absolute atomic E-state index is 0.0607. The van der Waals surface area contributed by atoms with Gasteiger partial charge in [-0.25, -0.2) is 4.68 Å². The van der Waals surface area contributed by atoms with Gasteiger partial charge in [-0.15, -0.1) is 0 Å². The zero-order chi connectivity index (χ0) is 17.4. The van der Waals surface area contributed by atoms with Crippen LogP contribution in [0.1, 0.15) is 43.4 Å². The average molecular weight is 366 g/mol. The number of hydrogen-bond donors (Lipinski definition) is 0. The standard InChI is InChI=1S/C17H26N4O3S/c22-17-10-15-6-5-7-16(15)18-21(17)13-14-11-20(12-14)25(23,24)19-8-3-1-2-4-9-19/h10,14H,1-9,11-13H2. The van der Waals surface area contributed by atoms with Crippen molar-refractivity contribution in [3.63, 3.8) is 0 Å². The van der Waals surface area contributed by atoms with Crippen molar-refractivity contribution in [2.24, 2.45) is 5.92 Å². The predicted molar refractivity (Wildman–Crippen MR) is 94.5 cm³/mol. The minimum atomic E-state index is -3.33. The molecule has 2 aliphatic heterocycles. The van der Waals surface area contributed by atoms with Gasteiger partial charge < -0.3 is 0 Å². The van der Waals surface area contributed by atoms with Gasteiger partial charge in [-0.3, -0.25) is 4.79 Å². The van der Waals surface area contributed by atoms with Gasteiger partial charge in [0.25, 0.3) is 15.8 Å². The van der Waals surface area contributed by atoms with Gasteiger partial charge in [0.2, 0.25) is 0 Å². The molecule has 3 aliphatic rings. The fraction of sp³-hybridized carbons (Fsp3) is 0.765. The molecule has 8 heteroatoms. The first-order valence-corrected chi connectivity index (χ1v) is 10.8. The van der Waals surface area contributed by atoms with Crippen LogP contribution in [-0.2, 0) is 29.6 Å². The van der Waals surface area contributed by atoms with Crippen LogP contribution in [0.5, 0.6) is 0 Å². The van der Waals surface area contributed by atoms with Crippen molar-refractivity contribution in [2.45, 2.75) is 51.5 Å². The SMILES string of the molecule is O=c1cc2c(nn1CC1CN(S(=O)(=O)N3CCCCCC3)C1)CCC2. The summed E-state index contributed by atoms with van der Waals surface area (Å²) in [5.74, 6) is 0.173. The summed E-state index contributed by atoms with van der Waals surface area (Å²) in [6.45, 7) is 2.76. The van der Waals surface area contributed by atoms with Gasteiger partial charge in [0.1, 0.15) is 0 Å². The maximum Gasteiger partial charge on any atom is 0.281 e. The molecule has 0 spiro atoms. The molecular weight excluding hydrogens is 340 g/mol. The average Bonchev–Trinajstić information content (AvgIpc) is 2.81. The Hall–Kier alpha value is -1.25. The topological polar surface area (TPSA) is 75.5 Å². The van der Waals surface area contributed by atoms with E-state index in [1.54, 1.807) is 14.7 Å². The van der Waals surface area contributed by atoms with Crippen LogP contribution in [0.4, 0.5) is 0 Å². The van der Waals surface area contributed by atoms with E-state index < -0.39 is 10.2 Å². The quantitative estimate of drug-likeness (QED) is 0.789. The molecule has 1 aliphatic carbocycles. The Labute approximate surface area is 148 Å². The summed E-state index contributed by atoms with van der Waals surface area (Å²) < 4.78 is 30.1. The van der Waals surface area contributed by atoms with E-state index in [0.717, 1.165) is 56.2 Å². The first kappa shape index (κ1) is 17.2. The van der Waals surface area contributed by atoms with E-state index in [1.165, 1.54) is 4.68 Å². The number of aryl methyl sites for hydroxylation is 2. The first-order chi connectivity index (χ1) is 12.0. The molecule has 0 aromatic carbocycles. The van der Waals surface area contributed by atoms with E-state index in [9.17, 15) is 13.2 Å². The zero-order valence-corrected chi connectivity index (χ0v) is 15.4. The highest BCUT2D eigenvalue weighted by atomic mass is 32.2. The maximum atomic E-state index is 12.7. The molecule has 0 amide bonds. The van der Waals surface area contributed by atoms with Crippen LogP contribution in [0, 0.1) is 5.92 Å². The molecule has 0 radical (unpaired) electrons. The van der Waals surface area contributed by atoms with Gasteiger partial charge in [-0.05, 0) is 37.7 Å². The van der Waals surface area contributed by atoms with Gasteiger partial charge in [0.15, 0.2) is 0 Å². The summed E-state index contributed by atoms with van der Waals surface area (Å²) in [5, 5.41) is 4.49.